The molecule has 0 radical (unpaired) electrons. The van der Waals surface area contributed by atoms with Crippen molar-refractivity contribution >= 4 is 5.78 Å². The zero-order chi connectivity index (χ0) is 22.3. The van der Waals surface area contributed by atoms with Crippen LogP contribution >= 0.6 is 0 Å². The highest BCUT2D eigenvalue weighted by atomic mass is 19.4. The van der Waals surface area contributed by atoms with Crippen molar-refractivity contribution in [3.8, 4) is 11.8 Å². The molecule has 0 saturated heterocycles. The zero-order valence-corrected chi connectivity index (χ0v) is 16.7. The maximum absolute atomic E-state index is 13.7. The van der Waals surface area contributed by atoms with Gasteiger partial charge in [0.25, 0.3) is 0 Å². The summed E-state index contributed by atoms with van der Waals surface area (Å²) < 4.78 is 78.1. The molecule has 2 aliphatic carbocycles. The first kappa shape index (κ1) is 23.8. The van der Waals surface area contributed by atoms with Gasteiger partial charge in [0, 0.05) is 18.8 Å². The number of fused-ring (bicyclic) bond motifs is 1. The van der Waals surface area contributed by atoms with Crippen LogP contribution in [-0.2, 0) is 4.79 Å². The summed E-state index contributed by atoms with van der Waals surface area (Å²) >= 11 is 0. The molecule has 2 rings (SSSR count). The lowest BCUT2D eigenvalue weighted by atomic mass is 9.60. The first-order valence-electron chi connectivity index (χ1n) is 9.55. The standard InChI is InChI=1S/C21H26F6O2/c1-17(2,16-8-7-14-15(28)6-4-10-18(14,16)3)9-5-11-19(29,12-21(25,26)27)20(23,24)13-22/h8,14,29H,4,6-7,9-10,12-13H2,1-3H3/t14-,18-,19?/m0/s1. The monoisotopic (exact) mass is 424 g/mol. The number of halogens is 6. The average molecular weight is 424 g/mol. The van der Waals surface area contributed by atoms with Crippen LogP contribution < -0.4 is 0 Å². The van der Waals surface area contributed by atoms with Gasteiger partial charge in [-0.15, -0.1) is 0 Å². The van der Waals surface area contributed by atoms with Crippen LogP contribution in [0.3, 0.4) is 0 Å². The molecular formula is C21H26F6O2. The predicted molar refractivity (Wildman–Crippen MR) is 95.9 cm³/mol. The molecule has 2 nitrogen and oxygen atoms in total. The van der Waals surface area contributed by atoms with E-state index in [1.54, 1.807) is 19.8 Å². The highest BCUT2D eigenvalue weighted by Crippen LogP contribution is 2.57. The van der Waals surface area contributed by atoms with Gasteiger partial charge in [0.2, 0.25) is 5.60 Å². The largest absolute Gasteiger partial charge is 0.393 e. The molecule has 0 amide bonds. The fraction of sp³-hybridized carbons (Fsp3) is 0.762. The van der Waals surface area contributed by atoms with E-state index in [1.165, 1.54) is 0 Å². The second-order valence-electron chi connectivity index (χ2n) is 9.00. The van der Waals surface area contributed by atoms with Gasteiger partial charge >= 0.3 is 12.1 Å². The van der Waals surface area contributed by atoms with Crippen molar-refractivity contribution in [1.82, 2.24) is 0 Å². The van der Waals surface area contributed by atoms with Gasteiger partial charge in [-0.1, -0.05) is 44.3 Å². The third-order valence-corrected chi connectivity index (χ3v) is 6.23. The molecular weight excluding hydrogens is 398 g/mol. The maximum atomic E-state index is 13.7. The summed E-state index contributed by atoms with van der Waals surface area (Å²) in [6, 6.07) is 0. The molecule has 0 bridgehead atoms. The number of hydrogen-bond acceptors (Lipinski definition) is 2. The molecule has 0 aromatic heterocycles. The third kappa shape index (κ3) is 4.65. The SMILES string of the molecule is CC(C)(CC#CC(O)(CC(F)(F)F)C(F)(F)CF)C1=CC[C@H]2C(=O)CCC[C@]12C. The summed E-state index contributed by atoms with van der Waals surface area (Å²) in [6.45, 7) is 3.07. The number of rotatable bonds is 5. The third-order valence-electron chi connectivity index (χ3n) is 6.23. The minimum Gasteiger partial charge on any atom is -0.372 e. The second kappa shape index (κ2) is 7.64. The molecule has 0 aromatic carbocycles. The van der Waals surface area contributed by atoms with Crippen LogP contribution in [0.15, 0.2) is 11.6 Å². The van der Waals surface area contributed by atoms with E-state index in [-0.39, 0.29) is 18.1 Å². The van der Waals surface area contributed by atoms with E-state index in [0.717, 1.165) is 18.4 Å². The molecule has 0 spiro atoms. The minimum atomic E-state index is -5.14. The summed E-state index contributed by atoms with van der Waals surface area (Å²) in [7, 11) is 0. The van der Waals surface area contributed by atoms with Crippen LogP contribution in [0.5, 0.6) is 0 Å². The van der Waals surface area contributed by atoms with Gasteiger partial charge in [-0.25, -0.2) is 4.39 Å². The molecule has 0 heterocycles. The molecule has 1 N–H and O–H groups in total. The molecule has 1 unspecified atom stereocenters. The van der Waals surface area contributed by atoms with E-state index < -0.39 is 41.6 Å². The first-order chi connectivity index (χ1) is 13.1. The number of carbonyl (C=O) groups is 1. The van der Waals surface area contributed by atoms with Crippen LogP contribution in [0.25, 0.3) is 0 Å². The van der Waals surface area contributed by atoms with E-state index in [0.29, 0.717) is 12.8 Å². The first-order valence-corrected chi connectivity index (χ1v) is 9.55. The summed E-state index contributed by atoms with van der Waals surface area (Å²) in [6.07, 6.45) is -3.05. The molecule has 0 aromatic rings. The number of carbonyl (C=O) groups excluding carboxylic acids is 1. The number of allylic oxidation sites excluding steroid dienone is 2. The van der Waals surface area contributed by atoms with Gasteiger partial charge in [-0.05, 0) is 30.1 Å². The highest BCUT2D eigenvalue weighted by Gasteiger charge is 2.57. The molecule has 1 saturated carbocycles. The van der Waals surface area contributed by atoms with Crippen molar-refractivity contribution < 1.29 is 36.2 Å². The second-order valence-corrected chi connectivity index (χ2v) is 9.00. The van der Waals surface area contributed by atoms with Gasteiger partial charge in [0.15, 0.2) is 6.67 Å². The lowest BCUT2D eigenvalue weighted by Gasteiger charge is -2.43. The number of hydrogen-bond donors (Lipinski definition) is 1. The smallest absolute Gasteiger partial charge is 0.372 e. The van der Waals surface area contributed by atoms with Crippen LogP contribution in [0.2, 0.25) is 0 Å². The Bertz CT molecular complexity index is 742. The molecule has 1 fully saturated rings. The maximum Gasteiger partial charge on any atom is 0.393 e. The van der Waals surface area contributed by atoms with Crippen LogP contribution in [0, 0.1) is 28.6 Å². The summed E-state index contributed by atoms with van der Waals surface area (Å²) in [5.41, 5.74) is -4.02. The molecule has 8 heteroatoms. The Morgan fingerprint density at radius 2 is 1.86 bits per heavy atom. The van der Waals surface area contributed by atoms with E-state index in [9.17, 15) is 36.2 Å². The van der Waals surface area contributed by atoms with Gasteiger partial charge in [-0.2, -0.15) is 22.0 Å². The number of aliphatic hydroxyl groups is 1. The van der Waals surface area contributed by atoms with E-state index in [4.69, 9.17) is 0 Å². The van der Waals surface area contributed by atoms with Crippen molar-refractivity contribution in [2.24, 2.45) is 16.7 Å². The Morgan fingerprint density at radius 3 is 2.41 bits per heavy atom. The van der Waals surface area contributed by atoms with Gasteiger partial charge < -0.3 is 5.11 Å². The summed E-state index contributed by atoms with van der Waals surface area (Å²) in [5.74, 6) is -0.759. The minimum absolute atomic E-state index is 0.113. The van der Waals surface area contributed by atoms with Gasteiger partial charge in [-0.3, -0.25) is 4.79 Å². The Hall–Kier alpha value is -1.49. The van der Waals surface area contributed by atoms with E-state index in [1.807, 2.05) is 13.0 Å². The highest BCUT2D eigenvalue weighted by molar-refractivity contribution is 5.84. The zero-order valence-electron chi connectivity index (χ0n) is 16.7. The van der Waals surface area contributed by atoms with Crippen molar-refractivity contribution in [3.05, 3.63) is 11.6 Å². The van der Waals surface area contributed by atoms with E-state index in [2.05, 4.69) is 5.92 Å². The lowest BCUT2D eigenvalue weighted by Crippen LogP contribution is -2.51. The normalized spacial score (nSPS) is 27.6. The summed E-state index contributed by atoms with van der Waals surface area (Å²) in [4.78, 5) is 12.3. The number of alkyl halides is 6. The average Bonchev–Trinajstić information content (AvgIpc) is 2.92. The van der Waals surface area contributed by atoms with Crippen LogP contribution in [-0.4, -0.2) is 35.3 Å². The number of Topliss-reactive ketones (excluding diaryl/α,β-unsaturated/α-hetero) is 1. The Kier molecular flexibility index (Phi) is 6.27. The van der Waals surface area contributed by atoms with Gasteiger partial charge in [0.05, 0.1) is 6.42 Å². The molecule has 29 heavy (non-hydrogen) atoms. The molecule has 164 valence electrons. The molecule has 2 aliphatic rings. The Morgan fingerprint density at radius 1 is 1.24 bits per heavy atom. The van der Waals surface area contributed by atoms with Crippen LogP contribution in [0.1, 0.15) is 59.3 Å². The Balaban J connectivity index is 2.27. The van der Waals surface area contributed by atoms with Crippen molar-refractivity contribution in [1.29, 1.82) is 0 Å². The number of ketones is 1. The quantitative estimate of drug-likeness (QED) is 0.365. The van der Waals surface area contributed by atoms with Gasteiger partial charge in [0.1, 0.15) is 5.78 Å². The lowest BCUT2D eigenvalue weighted by molar-refractivity contribution is -0.224. The predicted octanol–water partition coefficient (Wildman–Crippen LogP) is 5.40. The van der Waals surface area contributed by atoms with Crippen molar-refractivity contribution in [3.63, 3.8) is 0 Å². The summed E-state index contributed by atoms with van der Waals surface area (Å²) in [5, 5.41) is 9.87. The molecule has 0 aliphatic heterocycles. The van der Waals surface area contributed by atoms with E-state index >= 15 is 0 Å². The fourth-order valence-electron chi connectivity index (χ4n) is 4.74. The van der Waals surface area contributed by atoms with Crippen LogP contribution in [0.4, 0.5) is 26.3 Å². The van der Waals surface area contributed by atoms with Crippen molar-refractivity contribution in [2.45, 2.75) is 77.0 Å². The molecule has 3 atom stereocenters. The fourth-order valence-corrected chi connectivity index (χ4v) is 4.74. The van der Waals surface area contributed by atoms with Crippen molar-refractivity contribution in [2.75, 3.05) is 6.67 Å². The Labute approximate surface area is 166 Å². The topological polar surface area (TPSA) is 37.3 Å².